The third-order valence-electron chi connectivity index (χ3n) is 4.04. The number of rotatable bonds is 5. The second-order valence-electron chi connectivity index (χ2n) is 7.55. The summed E-state index contributed by atoms with van der Waals surface area (Å²) in [6.07, 6.45) is 4.53. The van der Waals surface area contributed by atoms with E-state index < -0.39 is 5.60 Å². The molecule has 2 fully saturated rings. The molecule has 1 saturated heterocycles. The Balaban J connectivity index is 0.00000288. The van der Waals surface area contributed by atoms with Crippen molar-refractivity contribution in [1.29, 1.82) is 0 Å². The largest absolute Gasteiger partial charge is 0.444 e. The predicted octanol–water partition coefficient (Wildman–Crippen LogP) is 2.97. The molecule has 1 amide bonds. The Hall–Kier alpha value is -0.730. The van der Waals surface area contributed by atoms with Gasteiger partial charge in [0.25, 0.3) is 0 Å². The van der Waals surface area contributed by atoms with Gasteiger partial charge in [0.05, 0.1) is 6.04 Å². The van der Waals surface area contributed by atoms with Gasteiger partial charge in [0.1, 0.15) is 5.60 Å². The molecular formula is C17H33IN4O2. The lowest BCUT2D eigenvalue weighted by Gasteiger charge is -2.23. The maximum atomic E-state index is 11.9. The fourth-order valence-corrected chi connectivity index (χ4v) is 2.73. The van der Waals surface area contributed by atoms with Crippen molar-refractivity contribution in [2.45, 2.75) is 65.0 Å². The zero-order chi connectivity index (χ0) is 16.9. The highest BCUT2D eigenvalue weighted by molar-refractivity contribution is 14.0. The number of guanidine groups is 1. The van der Waals surface area contributed by atoms with Gasteiger partial charge in [-0.15, -0.1) is 24.0 Å². The van der Waals surface area contributed by atoms with Crippen molar-refractivity contribution in [1.82, 2.24) is 15.5 Å². The molecule has 0 aromatic carbocycles. The van der Waals surface area contributed by atoms with Gasteiger partial charge in [0, 0.05) is 26.2 Å². The Bertz CT molecular complexity index is 433. The Morgan fingerprint density at radius 2 is 2.00 bits per heavy atom. The standard InChI is InChI=1S/C17H32N4O2.HI/c1-5-18-15(19-10-8-13-6-7-13)21-11-9-14(12-21)20-16(22)23-17(2,3)4;/h13-14H,5-12H2,1-4H3,(H,18,19)(H,20,22);1H. The first-order valence-corrected chi connectivity index (χ1v) is 8.90. The van der Waals surface area contributed by atoms with Crippen molar-refractivity contribution in [3.8, 4) is 0 Å². The van der Waals surface area contributed by atoms with Crippen molar-refractivity contribution in [3.63, 3.8) is 0 Å². The highest BCUT2D eigenvalue weighted by Gasteiger charge is 2.28. The normalized spacial score (nSPS) is 21.2. The first-order valence-electron chi connectivity index (χ1n) is 8.90. The lowest BCUT2D eigenvalue weighted by atomic mass is 10.2. The van der Waals surface area contributed by atoms with E-state index in [1.54, 1.807) is 0 Å². The number of aliphatic imine (C=N–C) groups is 1. The van der Waals surface area contributed by atoms with Crippen molar-refractivity contribution >= 4 is 36.0 Å². The third-order valence-corrected chi connectivity index (χ3v) is 4.04. The Labute approximate surface area is 163 Å². The molecular weight excluding hydrogens is 419 g/mol. The first-order chi connectivity index (χ1) is 10.9. The van der Waals surface area contributed by atoms with E-state index in [-0.39, 0.29) is 36.1 Å². The number of ether oxygens (including phenoxy) is 1. The van der Waals surface area contributed by atoms with Crippen LogP contribution in [0.4, 0.5) is 4.79 Å². The summed E-state index contributed by atoms with van der Waals surface area (Å²) in [4.78, 5) is 18.8. The first kappa shape index (κ1) is 21.3. The van der Waals surface area contributed by atoms with Crippen LogP contribution in [0.25, 0.3) is 0 Å². The Morgan fingerprint density at radius 1 is 1.29 bits per heavy atom. The second kappa shape index (κ2) is 9.68. The molecule has 2 N–H and O–H groups in total. The molecule has 0 radical (unpaired) electrons. The summed E-state index contributed by atoms with van der Waals surface area (Å²) in [6, 6.07) is 0.122. The summed E-state index contributed by atoms with van der Waals surface area (Å²) in [6.45, 7) is 11.2. The van der Waals surface area contributed by atoms with E-state index in [2.05, 4.69) is 22.5 Å². The molecule has 0 spiro atoms. The SMILES string of the molecule is CCNC(=NCCC1CC1)N1CCC(NC(=O)OC(C)(C)C)C1.I. The number of carbonyl (C=O) groups excluding carboxylic acids is 1. The van der Waals surface area contributed by atoms with E-state index in [9.17, 15) is 4.79 Å². The smallest absolute Gasteiger partial charge is 0.407 e. The number of nitrogens with one attached hydrogen (secondary N) is 2. The molecule has 1 heterocycles. The van der Waals surface area contributed by atoms with E-state index in [0.717, 1.165) is 44.5 Å². The van der Waals surface area contributed by atoms with Crippen LogP contribution in [0.2, 0.25) is 0 Å². The van der Waals surface area contributed by atoms with Gasteiger partial charge in [-0.25, -0.2) is 4.79 Å². The Morgan fingerprint density at radius 3 is 2.58 bits per heavy atom. The molecule has 1 atom stereocenters. The van der Waals surface area contributed by atoms with E-state index in [4.69, 9.17) is 9.73 Å². The minimum absolute atomic E-state index is 0. The van der Waals surface area contributed by atoms with Crippen LogP contribution in [-0.4, -0.2) is 54.8 Å². The van der Waals surface area contributed by atoms with Gasteiger partial charge in [-0.1, -0.05) is 12.8 Å². The lowest BCUT2D eigenvalue weighted by Crippen LogP contribution is -2.44. The molecule has 6 nitrogen and oxygen atoms in total. The fraction of sp³-hybridized carbons (Fsp3) is 0.882. The zero-order valence-corrected chi connectivity index (χ0v) is 17.8. The quantitative estimate of drug-likeness (QED) is 0.383. The van der Waals surface area contributed by atoms with E-state index in [1.165, 1.54) is 19.3 Å². The van der Waals surface area contributed by atoms with E-state index in [0.29, 0.717) is 0 Å². The van der Waals surface area contributed by atoms with E-state index in [1.807, 2.05) is 20.8 Å². The van der Waals surface area contributed by atoms with Crippen LogP contribution in [0.3, 0.4) is 0 Å². The summed E-state index contributed by atoms with van der Waals surface area (Å²) in [5.41, 5.74) is -0.457. The van der Waals surface area contributed by atoms with Crippen LogP contribution in [0, 0.1) is 5.92 Å². The van der Waals surface area contributed by atoms with Crippen molar-refractivity contribution in [3.05, 3.63) is 0 Å². The molecule has 7 heteroatoms. The van der Waals surface area contributed by atoms with Crippen molar-refractivity contribution in [2.75, 3.05) is 26.2 Å². The summed E-state index contributed by atoms with van der Waals surface area (Å²) < 4.78 is 5.33. The van der Waals surface area contributed by atoms with Crippen molar-refractivity contribution < 1.29 is 9.53 Å². The molecule has 2 rings (SSSR count). The maximum absolute atomic E-state index is 11.9. The fourth-order valence-electron chi connectivity index (χ4n) is 2.73. The molecule has 1 saturated carbocycles. The highest BCUT2D eigenvalue weighted by Crippen LogP contribution is 2.32. The summed E-state index contributed by atoms with van der Waals surface area (Å²) in [5, 5.41) is 6.32. The number of nitrogens with zero attached hydrogens (tertiary/aromatic N) is 2. The van der Waals surface area contributed by atoms with Gasteiger partial charge in [-0.3, -0.25) is 4.99 Å². The average molecular weight is 452 g/mol. The number of hydrogen-bond donors (Lipinski definition) is 2. The summed E-state index contributed by atoms with van der Waals surface area (Å²) in [5.74, 6) is 1.88. The summed E-state index contributed by atoms with van der Waals surface area (Å²) in [7, 11) is 0. The zero-order valence-electron chi connectivity index (χ0n) is 15.4. The molecule has 140 valence electrons. The van der Waals surface area contributed by atoms with Gasteiger partial charge in [-0.05, 0) is 46.5 Å². The topological polar surface area (TPSA) is 66.0 Å². The molecule has 0 aromatic rings. The molecule has 2 aliphatic rings. The highest BCUT2D eigenvalue weighted by atomic mass is 127. The number of likely N-dealkylation sites (tertiary alicyclic amines) is 1. The minimum atomic E-state index is -0.457. The monoisotopic (exact) mass is 452 g/mol. The summed E-state index contributed by atoms with van der Waals surface area (Å²) >= 11 is 0. The van der Waals surface area contributed by atoms with Gasteiger partial charge in [0.15, 0.2) is 5.96 Å². The lowest BCUT2D eigenvalue weighted by molar-refractivity contribution is 0.0507. The van der Waals surface area contributed by atoms with Crippen LogP contribution in [0.5, 0.6) is 0 Å². The van der Waals surface area contributed by atoms with Crippen LogP contribution < -0.4 is 10.6 Å². The number of hydrogen-bond acceptors (Lipinski definition) is 3. The number of alkyl carbamates (subject to hydrolysis) is 1. The molecule has 24 heavy (non-hydrogen) atoms. The number of carbonyl (C=O) groups is 1. The molecule has 1 aliphatic carbocycles. The molecule has 1 aliphatic heterocycles. The average Bonchev–Trinajstić information content (AvgIpc) is 3.14. The molecule has 1 unspecified atom stereocenters. The van der Waals surface area contributed by atoms with Gasteiger partial charge in [-0.2, -0.15) is 0 Å². The molecule has 0 aromatic heterocycles. The van der Waals surface area contributed by atoms with Crippen LogP contribution >= 0.6 is 24.0 Å². The number of amides is 1. The van der Waals surface area contributed by atoms with Gasteiger partial charge >= 0.3 is 6.09 Å². The number of halogens is 1. The maximum Gasteiger partial charge on any atom is 0.407 e. The molecule has 0 bridgehead atoms. The van der Waals surface area contributed by atoms with E-state index >= 15 is 0 Å². The van der Waals surface area contributed by atoms with Crippen LogP contribution in [-0.2, 0) is 4.74 Å². The second-order valence-corrected chi connectivity index (χ2v) is 7.55. The van der Waals surface area contributed by atoms with Crippen LogP contribution in [0.15, 0.2) is 4.99 Å². The third kappa shape index (κ3) is 7.90. The minimum Gasteiger partial charge on any atom is -0.444 e. The Kier molecular flexibility index (Phi) is 8.59. The van der Waals surface area contributed by atoms with Crippen molar-refractivity contribution in [2.24, 2.45) is 10.9 Å². The van der Waals surface area contributed by atoms with Gasteiger partial charge < -0.3 is 20.3 Å². The van der Waals surface area contributed by atoms with Gasteiger partial charge in [0.2, 0.25) is 0 Å². The predicted molar refractivity (Wildman–Crippen MR) is 108 cm³/mol. The van der Waals surface area contributed by atoms with Crippen LogP contribution in [0.1, 0.15) is 53.4 Å².